The molecule has 4 aromatic carbocycles. The van der Waals surface area contributed by atoms with Crippen LogP contribution in [-0.4, -0.2) is 70.9 Å². The van der Waals surface area contributed by atoms with Crippen molar-refractivity contribution in [2.45, 2.75) is 34.5 Å². The van der Waals surface area contributed by atoms with Crippen LogP contribution in [0.1, 0.15) is 41.4 Å². The number of rotatable bonds is 10. The van der Waals surface area contributed by atoms with Gasteiger partial charge >= 0.3 is 23.9 Å². The lowest BCUT2D eigenvalue weighted by molar-refractivity contribution is -0.279. The molecule has 1 aliphatic rings. The maximum absolute atomic E-state index is 13.6. The summed E-state index contributed by atoms with van der Waals surface area (Å²) in [5, 5.41) is 8.26. The summed E-state index contributed by atoms with van der Waals surface area (Å²) in [5.41, 5.74) is 0.509. The summed E-state index contributed by atoms with van der Waals surface area (Å²) in [6.45, 7) is -0.597. The number of ether oxygens (including phenoxy) is 6. The summed E-state index contributed by atoms with van der Waals surface area (Å²) in [4.78, 5) is 53.5. The van der Waals surface area contributed by atoms with E-state index in [0.717, 1.165) is 0 Å². The highest BCUT2D eigenvalue weighted by atomic mass is 35.6. The molecule has 1 aliphatic heterocycles. The fourth-order valence-electron chi connectivity index (χ4n) is 4.81. The third-order valence-electron chi connectivity index (χ3n) is 7.23. The number of nitrogens with one attached hydrogen (secondary N) is 1. The molecule has 0 unspecified atom stereocenters. The van der Waals surface area contributed by atoms with E-state index in [1.807, 2.05) is 0 Å². The van der Waals surface area contributed by atoms with Crippen molar-refractivity contribution in [2.75, 3.05) is 6.61 Å². The van der Waals surface area contributed by atoms with Crippen LogP contribution in [-0.2, 0) is 28.4 Å². The zero-order valence-electron chi connectivity index (χ0n) is 25.9. The SMILES string of the molecule is N=C(O[C@H]1O[C@H](COC(=O)c2ccccc2)[C@@H](OC(=O)c2ccccc2)[C@H](OC(=O)c2ccccc2)[C@@H]1OC(=O)c1ccccc1)C(Cl)(Cl)Cl. The van der Waals surface area contributed by atoms with E-state index < -0.39 is 70.9 Å². The molecule has 1 fully saturated rings. The fraction of sp³-hybridized carbons (Fsp3) is 0.194. The van der Waals surface area contributed by atoms with Gasteiger partial charge in [0.15, 0.2) is 12.2 Å². The first-order valence-electron chi connectivity index (χ1n) is 15.0. The van der Waals surface area contributed by atoms with Gasteiger partial charge in [0, 0.05) is 0 Å². The zero-order chi connectivity index (χ0) is 35.7. The largest absolute Gasteiger partial charge is 0.459 e. The highest BCUT2D eigenvalue weighted by Gasteiger charge is 2.55. The first-order chi connectivity index (χ1) is 24.0. The second-order valence-corrected chi connectivity index (χ2v) is 12.9. The quantitative estimate of drug-likeness (QED) is 0.0620. The second-order valence-electron chi connectivity index (χ2n) is 10.7. The lowest BCUT2D eigenvalue weighted by Gasteiger charge is -2.44. The van der Waals surface area contributed by atoms with Gasteiger partial charge in [-0.3, -0.25) is 5.41 Å². The van der Waals surface area contributed by atoms with Crippen LogP contribution in [0.4, 0.5) is 0 Å². The molecule has 5 rings (SSSR count). The molecule has 14 heteroatoms. The topological polar surface area (TPSA) is 148 Å². The van der Waals surface area contributed by atoms with Crippen LogP contribution >= 0.6 is 34.8 Å². The van der Waals surface area contributed by atoms with E-state index in [9.17, 15) is 19.2 Å². The van der Waals surface area contributed by atoms with Gasteiger partial charge in [-0.05, 0) is 48.5 Å². The van der Waals surface area contributed by atoms with E-state index in [2.05, 4.69) is 0 Å². The number of carbonyl (C=O) groups is 4. The third-order valence-corrected chi connectivity index (χ3v) is 7.74. The average Bonchev–Trinajstić information content (AvgIpc) is 3.13. The Hall–Kier alpha value is -4.94. The number of benzene rings is 4. The average molecular weight is 741 g/mol. The number of esters is 4. The van der Waals surface area contributed by atoms with Crippen LogP contribution in [0.5, 0.6) is 0 Å². The molecule has 50 heavy (non-hydrogen) atoms. The minimum Gasteiger partial charge on any atom is -0.459 e. The summed E-state index contributed by atoms with van der Waals surface area (Å²) in [6.07, 6.45) is -8.34. The highest BCUT2D eigenvalue weighted by molar-refractivity contribution is 6.76. The Kier molecular flexibility index (Phi) is 12.1. The third kappa shape index (κ3) is 9.39. The summed E-state index contributed by atoms with van der Waals surface area (Å²) in [7, 11) is 0. The van der Waals surface area contributed by atoms with Crippen molar-refractivity contribution in [3.8, 4) is 0 Å². The van der Waals surface area contributed by atoms with Gasteiger partial charge in [0.2, 0.25) is 18.3 Å². The van der Waals surface area contributed by atoms with Crippen molar-refractivity contribution in [3.63, 3.8) is 0 Å². The number of alkyl halides is 3. The molecule has 0 bridgehead atoms. The van der Waals surface area contributed by atoms with Crippen LogP contribution in [0.2, 0.25) is 0 Å². The van der Waals surface area contributed by atoms with Crippen LogP contribution in [0.25, 0.3) is 0 Å². The van der Waals surface area contributed by atoms with Gasteiger partial charge in [-0.1, -0.05) is 108 Å². The highest BCUT2D eigenvalue weighted by Crippen LogP contribution is 2.35. The molecule has 5 atom stereocenters. The fourth-order valence-corrected chi connectivity index (χ4v) is 4.94. The Balaban J connectivity index is 1.58. The van der Waals surface area contributed by atoms with E-state index in [-0.39, 0.29) is 22.3 Å². The van der Waals surface area contributed by atoms with Crippen molar-refractivity contribution in [1.29, 1.82) is 5.41 Å². The Bertz CT molecular complexity index is 1790. The smallest absolute Gasteiger partial charge is 0.338 e. The Morgan fingerprint density at radius 2 is 0.900 bits per heavy atom. The number of carbonyl (C=O) groups excluding carboxylic acids is 4. The molecule has 4 aromatic rings. The number of hydrogen-bond acceptors (Lipinski definition) is 11. The van der Waals surface area contributed by atoms with E-state index in [1.165, 1.54) is 48.5 Å². The van der Waals surface area contributed by atoms with E-state index in [1.54, 1.807) is 72.8 Å². The van der Waals surface area contributed by atoms with Gasteiger partial charge in [-0.2, -0.15) is 0 Å². The second kappa shape index (κ2) is 16.6. The lowest BCUT2D eigenvalue weighted by atomic mass is 9.97. The van der Waals surface area contributed by atoms with Gasteiger partial charge in [-0.25, -0.2) is 19.2 Å². The molecule has 1 N–H and O–H groups in total. The zero-order valence-corrected chi connectivity index (χ0v) is 28.1. The summed E-state index contributed by atoms with van der Waals surface area (Å²) >= 11 is 17.8. The van der Waals surface area contributed by atoms with Gasteiger partial charge in [-0.15, -0.1) is 0 Å². The molecule has 11 nitrogen and oxygen atoms in total. The van der Waals surface area contributed by atoms with E-state index in [0.29, 0.717) is 0 Å². The standard InChI is InChI=1S/C36H28Cl3NO10/c37-36(38,39)35(40)50-34-29(49-33(44)25-19-11-4-12-20-25)28(48-32(43)24-17-9-3-10-18-24)27(47-31(42)23-15-7-2-8-16-23)26(46-34)21-45-30(41)22-13-5-1-6-14-22/h1-20,26-29,34,40H,21H2/t26-,27-,28+,29+,34-/m1/s1. The Morgan fingerprint density at radius 1 is 0.540 bits per heavy atom. The summed E-state index contributed by atoms with van der Waals surface area (Å²) in [5.74, 6) is -4.41. The minimum absolute atomic E-state index is 0.0904. The van der Waals surface area contributed by atoms with Gasteiger partial charge < -0.3 is 28.4 Å². The van der Waals surface area contributed by atoms with Crippen LogP contribution < -0.4 is 0 Å². The number of halogens is 3. The molecule has 0 aromatic heterocycles. The van der Waals surface area contributed by atoms with Crippen LogP contribution in [0.3, 0.4) is 0 Å². The van der Waals surface area contributed by atoms with Gasteiger partial charge in [0.1, 0.15) is 12.7 Å². The monoisotopic (exact) mass is 739 g/mol. The molecular formula is C36H28Cl3NO10. The molecule has 0 radical (unpaired) electrons. The first kappa shape index (κ1) is 36.3. The summed E-state index contributed by atoms with van der Waals surface area (Å²) < 4.78 is 32.5. The maximum atomic E-state index is 13.6. The van der Waals surface area contributed by atoms with Crippen molar-refractivity contribution < 1.29 is 47.6 Å². The van der Waals surface area contributed by atoms with Crippen molar-refractivity contribution in [3.05, 3.63) is 144 Å². The van der Waals surface area contributed by atoms with Crippen LogP contribution in [0.15, 0.2) is 121 Å². The maximum Gasteiger partial charge on any atom is 0.338 e. The molecule has 0 saturated carbocycles. The van der Waals surface area contributed by atoms with E-state index >= 15 is 0 Å². The van der Waals surface area contributed by atoms with Crippen molar-refractivity contribution in [2.24, 2.45) is 0 Å². The van der Waals surface area contributed by atoms with E-state index in [4.69, 9.17) is 68.6 Å². The van der Waals surface area contributed by atoms with Gasteiger partial charge in [0.05, 0.1) is 22.3 Å². The first-order valence-corrected chi connectivity index (χ1v) is 16.1. The van der Waals surface area contributed by atoms with Gasteiger partial charge in [0.25, 0.3) is 3.79 Å². The lowest BCUT2D eigenvalue weighted by Crippen LogP contribution is -2.63. The molecule has 1 heterocycles. The summed E-state index contributed by atoms with van der Waals surface area (Å²) in [6, 6.07) is 31.5. The van der Waals surface area contributed by atoms with Crippen molar-refractivity contribution in [1.82, 2.24) is 0 Å². The molecule has 0 amide bonds. The Labute approximate surface area is 301 Å². The van der Waals surface area contributed by atoms with Crippen molar-refractivity contribution >= 4 is 64.6 Å². The minimum atomic E-state index is -2.40. The predicted octanol–water partition coefficient (Wildman–Crippen LogP) is 6.61. The number of hydrogen-bond donors (Lipinski definition) is 1. The normalized spacial score (nSPS) is 20.1. The molecule has 0 aliphatic carbocycles. The molecular weight excluding hydrogens is 713 g/mol. The predicted molar refractivity (Wildman–Crippen MR) is 181 cm³/mol. The Morgan fingerprint density at radius 3 is 1.30 bits per heavy atom. The molecule has 0 spiro atoms. The molecule has 258 valence electrons. The van der Waals surface area contributed by atoms with Crippen LogP contribution in [0, 0.1) is 5.41 Å². The molecule has 1 saturated heterocycles.